The van der Waals surface area contributed by atoms with Gasteiger partial charge < -0.3 is 9.80 Å². The SMILES string of the molecule is CCN(CC)CCN1CNC(C(C)C)C1=O. The molecule has 0 aromatic carbocycles. The second-order valence-corrected chi connectivity index (χ2v) is 4.71. The topological polar surface area (TPSA) is 35.6 Å². The zero-order chi connectivity index (χ0) is 12.1. The maximum atomic E-state index is 12.0. The molecule has 1 atom stereocenters. The Morgan fingerprint density at radius 1 is 1.44 bits per heavy atom. The van der Waals surface area contributed by atoms with Gasteiger partial charge in [-0.05, 0) is 19.0 Å². The summed E-state index contributed by atoms with van der Waals surface area (Å²) in [4.78, 5) is 16.3. The fourth-order valence-corrected chi connectivity index (χ4v) is 2.08. The average Bonchev–Trinajstić information content (AvgIpc) is 2.62. The van der Waals surface area contributed by atoms with E-state index in [1.54, 1.807) is 0 Å². The van der Waals surface area contributed by atoms with E-state index in [0.29, 0.717) is 12.6 Å². The largest absolute Gasteiger partial charge is 0.327 e. The first-order valence-electron chi connectivity index (χ1n) is 6.34. The van der Waals surface area contributed by atoms with Gasteiger partial charge in [-0.15, -0.1) is 0 Å². The molecule has 1 aliphatic rings. The molecular weight excluding hydrogens is 202 g/mol. The van der Waals surface area contributed by atoms with Crippen LogP contribution in [0.5, 0.6) is 0 Å². The van der Waals surface area contributed by atoms with Crippen LogP contribution in [0, 0.1) is 5.92 Å². The lowest BCUT2D eigenvalue weighted by Crippen LogP contribution is -2.38. The molecule has 1 saturated heterocycles. The fourth-order valence-electron chi connectivity index (χ4n) is 2.08. The van der Waals surface area contributed by atoms with Crippen molar-refractivity contribution in [1.29, 1.82) is 0 Å². The Morgan fingerprint density at radius 2 is 2.06 bits per heavy atom. The Labute approximate surface area is 99.0 Å². The third kappa shape index (κ3) is 3.19. The molecule has 1 heterocycles. The summed E-state index contributed by atoms with van der Waals surface area (Å²) in [5, 5.41) is 3.27. The van der Waals surface area contributed by atoms with E-state index in [-0.39, 0.29) is 11.9 Å². The van der Waals surface area contributed by atoms with Crippen molar-refractivity contribution in [2.24, 2.45) is 5.92 Å². The lowest BCUT2D eigenvalue weighted by Gasteiger charge is -2.22. The summed E-state index contributed by atoms with van der Waals surface area (Å²) < 4.78 is 0. The Morgan fingerprint density at radius 3 is 2.50 bits per heavy atom. The molecule has 1 amide bonds. The number of likely N-dealkylation sites (N-methyl/N-ethyl adjacent to an activating group) is 1. The Kier molecular flexibility index (Phi) is 5.22. The number of carbonyl (C=O) groups excluding carboxylic acids is 1. The van der Waals surface area contributed by atoms with E-state index in [1.165, 1.54) is 0 Å². The van der Waals surface area contributed by atoms with Crippen LogP contribution in [0.1, 0.15) is 27.7 Å². The van der Waals surface area contributed by atoms with Crippen molar-refractivity contribution in [3.8, 4) is 0 Å². The molecule has 0 saturated carbocycles. The molecule has 0 radical (unpaired) electrons. The molecular formula is C12H25N3O. The van der Waals surface area contributed by atoms with E-state index in [9.17, 15) is 4.79 Å². The minimum atomic E-state index is 0.0247. The summed E-state index contributed by atoms with van der Waals surface area (Å²) >= 11 is 0. The summed E-state index contributed by atoms with van der Waals surface area (Å²) in [6.45, 7) is 13.1. The lowest BCUT2D eigenvalue weighted by molar-refractivity contribution is -0.129. The van der Waals surface area contributed by atoms with Gasteiger partial charge in [0.05, 0.1) is 12.7 Å². The number of rotatable bonds is 6. The van der Waals surface area contributed by atoms with Gasteiger partial charge in [-0.1, -0.05) is 27.7 Å². The Hall–Kier alpha value is -0.610. The van der Waals surface area contributed by atoms with Crippen molar-refractivity contribution >= 4 is 5.91 Å². The number of hydrogen-bond acceptors (Lipinski definition) is 3. The molecule has 4 heteroatoms. The van der Waals surface area contributed by atoms with Crippen molar-refractivity contribution in [3.05, 3.63) is 0 Å². The molecule has 0 aromatic rings. The van der Waals surface area contributed by atoms with Crippen molar-refractivity contribution in [2.45, 2.75) is 33.7 Å². The lowest BCUT2D eigenvalue weighted by atomic mass is 10.1. The van der Waals surface area contributed by atoms with Gasteiger partial charge in [0.1, 0.15) is 0 Å². The molecule has 94 valence electrons. The van der Waals surface area contributed by atoms with E-state index < -0.39 is 0 Å². The third-order valence-corrected chi connectivity index (χ3v) is 3.33. The van der Waals surface area contributed by atoms with Crippen LogP contribution in [0.2, 0.25) is 0 Å². The van der Waals surface area contributed by atoms with Gasteiger partial charge in [0, 0.05) is 13.1 Å². The zero-order valence-corrected chi connectivity index (χ0v) is 11.0. The highest BCUT2D eigenvalue weighted by molar-refractivity contribution is 5.84. The summed E-state index contributed by atoms with van der Waals surface area (Å²) in [6, 6.07) is 0.0247. The van der Waals surface area contributed by atoms with Crippen LogP contribution in [0.3, 0.4) is 0 Å². The standard InChI is InChI=1S/C12H25N3O/c1-5-14(6-2)7-8-15-9-13-11(10(3)4)12(15)16/h10-11,13H,5-9H2,1-4H3. The van der Waals surface area contributed by atoms with E-state index in [1.807, 2.05) is 4.90 Å². The van der Waals surface area contributed by atoms with Gasteiger partial charge in [0.15, 0.2) is 0 Å². The van der Waals surface area contributed by atoms with Crippen molar-refractivity contribution in [1.82, 2.24) is 15.1 Å². The van der Waals surface area contributed by atoms with Crippen LogP contribution in [0.25, 0.3) is 0 Å². The quantitative estimate of drug-likeness (QED) is 0.727. The van der Waals surface area contributed by atoms with E-state index in [4.69, 9.17) is 0 Å². The maximum Gasteiger partial charge on any atom is 0.241 e. The monoisotopic (exact) mass is 227 g/mol. The number of carbonyl (C=O) groups is 1. The van der Waals surface area contributed by atoms with Crippen LogP contribution >= 0.6 is 0 Å². The molecule has 4 nitrogen and oxygen atoms in total. The summed E-state index contributed by atoms with van der Waals surface area (Å²) in [6.07, 6.45) is 0. The molecule has 1 unspecified atom stereocenters. The van der Waals surface area contributed by atoms with Gasteiger partial charge in [-0.3, -0.25) is 10.1 Å². The van der Waals surface area contributed by atoms with Crippen molar-refractivity contribution < 1.29 is 4.79 Å². The number of nitrogens with one attached hydrogen (secondary N) is 1. The molecule has 16 heavy (non-hydrogen) atoms. The molecule has 1 fully saturated rings. The van der Waals surface area contributed by atoms with E-state index in [0.717, 1.165) is 26.2 Å². The first kappa shape index (κ1) is 13.5. The zero-order valence-electron chi connectivity index (χ0n) is 11.0. The molecule has 0 aliphatic carbocycles. The predicted molar refractivity (Wildman–Crippen MR) is 66.1 cm³/mol. The molecule has 0 spiro atoms. The molecule has 1 aliphatic heterocycles. The molecule has 1 N–H and O–H groups in total. The second kappa shape index (κ2) is 6.21. The van der Waals surface area contributed by atoms with Gasteiger partial charge in [0.25, 0.3) is 0 Å². The molecule has 0 bridgehead atoms. The van der Waals surface area contributed by atoms with E-state index in [2.05, 4.69) is 37.9 Å². The molecule has 1 rings (SSSR count). The third-order valence-electron chi connectivity index (χ3n) is 3.33. The van der Waals surface area contributed by atoms with Crippen molar-refractivity contribution in [2.75, 3.05) is 32.8 Å². The van der Waals surface area contributed by atoms with Gasteiger partial charge in [0.2, 0.25) is 5.91 Å². The number of amides is 1. The molecule has 0 aromatic heterocycles. The highest BCUT2D eigenvalue weighted by Gasteiger charge is 2.32. The normalized spacial score (nSPS) is 21.5. The van der Waals surface area contributed by atoms with Crippen LogP contribution in [-0.2, 0) is 4.79 Å². The maximum absolute atomic E-state index is 12.0. The number of nitrogens with zero attached hydrogens (tertiary/aromatic N) is 2. The first-order valence-corrected chi connectivity index (χ1v) is 6.34. The Balaban J connectivity index is 2.37. The minimum absolute atomic E-state index is 0.0247. The second-order valence-electron chi connectivity index (χ2n) is 4.71. The summed E-state index contributed by atoms with van der Waals surface area (Å²) in [5.74, 6) is 0.646. The average molecular weight is 227 g/mol. The van der Waals surface area contributed by atoms with Crippen molar-refractivity contribution in [3.63, 3.8) is 0 Å². The summed E-state index contributed by atoms with van der Waals surface area (Å²) in [7, 11) is 0. The van der Waals surface area contributed by atoms with Crippen LogP contribution < -0.4 is 5.32 Å². The van der Waals surface area contributed by atoms with E-state index >= 15 is 0 Å². The minimum Gasteiger partial charge on any atom is -0.327 e. The Bertz CT molecular complexity index is 226. The number of hydrogen-bond donors (Lipinski definition) is 1. The van der Waals surface area contributed by atoms with Gasteiger partial charge in [-0.25, -0.2) is 0 Å². The van der Waals surface area contributed by atoms with Crippen LogP contribution in [-0.4, -0.2) is 54.6 Å². The first-order chi connectivity index (χ1) is 7.60. The highest BCUT2D eigenvalue weighted by atomic mass is 16.2. The van der Waals surface area contributed by atoms with Gasteiger partial charge in [-0.2, -0.15) is 0 Å². The predicted octanol–water partition coefficient (Wildman–Crippen LogP) is 0.742. The smallest absolute Gasteiger partial charge is 0.241 e. The fraction of sp³-hybridized carbons (Fsp3) is 0.917. The summed E-state index contributed by atoms with van der Waals surface area (Å²) in [5.41, 5.74) is 0. The van der Waals surface area contributed by atoms with Crippen LogP contribution in [0.15, 0.2) is 0 Å². The highest BCUT2D eigenvalue weighted by Crippen LogP contribution is 2.11. The van der Waals surface area contributed by atoms with Crippen LogP contribution in [0.4, 0.5) is 0 Å². The van der Waals surface area contributed by atoms with Gasteiger partial charge >= 0.3 is 0 Å².